The first kappa shape index (κ1) is 12.6. The fourth-order valence-electron chi connectivity index (χ4n) is 1.21. The fourth-order valence-corrected chi connectivity index (χ4v) is 1.44. The van der Waals surface area contributed by atoms with Gasteiger partial charge in [-0.05, 0) is 30.7 Å². The maximum atomic E-state index is 11.4. The summed E-state index contributed by atoms with van der Waals surface area (Å²) in [5.41, 5.74) is 1.69. The van der Waals surface area contributed by atoms with E-state index in [9.17, 15) is 4.79 Å². The smallest absolute Gasteiger partial charge is 0.238 e. The Hall–Kier alpha value is -1.50. The third-order valence-corrected chi connectivity index (χ3v) is 2.21. The van der Waals surface area contributed by atoms with Crippen LogP contribution in [-0.4, -0.2) is 19.0 Å². The molecule has 1 aromatic carbocycles. The summed E-state index contributed by atoms with van der Waals surface area (Å²) in [5.74, 6) is 2.27. The Morgan fingerprint density at radius 3 is 2.94 bits per heavy atom. The number of aryl methyl sites for hydroxylation is 1. The zero-order valence-electron chi connectivity index (χ0n) is 9.01. The van der Waals surface area contributed by atoms with Gasteiger partial charge in [0.15, 0.2) is 0 Å². The molecular weight excluding hydrogens is 224 g/mol. The Morgan fingerprint density at radius 1 is 1.56 bits per heavy atom. The highest BCUT2D eigenvalue weighted by Gasteiger charge is 2.03. The number of hydrogen-bond donors (Lipinski definition) is 2. The molecule has 2 N–H and O–H groups in total. The van der Waals surface area contributed by atoms with Crippen molar-refractivity contribution in [2.75, 3.05) is 18.4 Å². The predicted octanol–water partition coefficient (Wildman–Crippen LogP) is 1.81. The van der Waals surface area contributed by atoms with Gasteiger partial charge in [-0.25, -0.2) is 0 Å². The summed E-state index contributed by atoms with van der Waals surface area (Å²) in [4.78, 5) is 11.4. The number of rotatable bonds is 4. The number of terminal acetylenes is 1. The van der Waals surface area contributed by atoms with Crippen LogP contribution in [0.3, 0.4) is 0 Å². The molecule has 0 aliphatic heterocycles. The van der Waals surface area contributed by atoms with Crippen LogP contribution >= 0.6 is 11.6 Å². The highest BCUT2D eigenvalue weighted by Crippen LogP contribution is 2.19. The van der Waals surface area contributed by atoms with Crippen molar-refractivity contribution in [1.82, 2.24) is 5.32 Å². The Bertz CT molecular complexity index is 424. The summed E-state index contributed by atoms with van der Waals surface area (Å²) in [6.07, 6.45) is 5.05. The lowest BCUT2D eigenvalue weighted by molar-refractivity contribution is -0.115. The Kier molecular flexibility index (Phi) is 4.84. The lowest BCUT2D eigenvalue weighted by Gasteiger charge is -2.08. The van der Waals surface area contributed by atoms with E-state index in [2.05, 4.69) is 16.6 Å². The third kappa shape index (κ3) is 3.93. The van der Waals surface area contributed by atoms with Gasteiger partial charge in [-0.1, -0.05) is 17.5 Å². The molecule has 0 aliphatic rings. The van der Waals surface area contributed by atoms with E-state index in [1.807, 2.05) is 6.92 Å². The molecular formula is C12H13ClN2O. The Morgan fingerprint density at radius 2 is 2.31 bits per heavy atom. The zero-order chi connectivity index (χ0) is 12.0. The van der Waals surface area contributed by atoms with E-state index in [0.717, 1.165) is 11.3 Å². The highest BCUT2D eigenvalue weighted by molar-refractivity contribution is 6.30. The van der Waals surface area contributed by atoms with Crippen molar-refractivity contribution < 1.29 is 4.79 Å². The normalized spacial score (nSPS) is 9.56. The van der Waals surface area contributed by atoms with Gasteiger partial charge in [0.1, 0.15) is 0 Å². The molecule has 0 heterocycles. The Balaban J connectivity index is 2.53. The number of hydrogen-bond acceptors (Lipinski definition) is 2. The van der Waals surface area contributed by atoms with Crippen LogP contribution in [0.15, 0.2) is 18.2 Å². The quantitative estimate of drug-likeness (QED) is 0.619. The first-order valence-electron chi connectivity index (χ1n) is 4.83. The van der Waals surface area contributed by atoms with Gasteiger partial charge in [-0.2, -0.15) is 0 Å². The van der Waals surface area contributed by atoms with Crippen molar-refractivity contribution >= 4 is 23.2 Å². The van der Waals surface area contributed by atoms with E-state index in [1.54, 1.807) is 18.2 Å². The molecule has 0 bridgehead atoms. The van der Waals surface area contributed by atoms with Crippen molar-refractivity contribution in [3.05, 3.63) is 28.8 Å². The standard InChI is InChI=1S/C12H13ClN2O/c1-3-6-14-8-12(16)15-11-5-4-10(13)7-9(11)2/h1,4-5,7,14H,6,8H2,2H3,(H,15,16). The Labute approximate surface area is 100 Å². The van der Waals surface area contributed by atoms with Crippen LogP contribution in [0, 0.1) is 19.3 Å². The SMILES string of the molecule is C#CCNCC(=O)Nc1ccc(Cl)cc1C. The van der Waals surface area contributed by atoms with Gasteiger partial charge in [0.05, 0.1) is 13.1 Å². The molecule has 0 fully saturated rings. The van der Waals surface area contributed by atoms with Crippen LogP contribution < -0.4 is 10.6 Å². The predicted molar refractivity (Wildman–Crippen MR) is 66.5 cm³/mol. The zero-order valence-corrected chi connectivity index (χ0v) is 9.77. The summed E-state index contributed by atoms with van der Waals surface area (Å²) in [7, 11) is 0. The second kappa shape index (κ2) is 6.16. The van der Waals surface area contributed by atoms with Gasteiger partial charge < -0.3 is 5.32 Å². The molecule has 0 saturated heterocycles. The summed E-state index contributed by atoms with van der Waals surface area (Å²) in [6.45, 7) is 2.47. The third-order valence-electron chi connectivity index (χ3n) is 1.98. The molecule has 0 saturated carbocycles. The molecule has 0 aliphatic carbocycles. The van der Waals surface area contributed by atoms with Gasteiger partial charge in [0.2, 0.25) is 5.91 Å². The maximum absolute atomic E-state index is 11.4. The first-order valence-corrected chi connectivity index (χ1v) is 5.21. The monoisotopic (exact) mass is 236 g/mol. The summed E-state index contributed by atoms with van der Waals surface area (Å²) < 4.78 is 0. The topological polar surface area (TPSA) is 41.1 Å². The number of benzene rings is 1. The lowest BCUT2D eigenvalue weighted by atomic mass is 10.2. The van der Waals surface area contributed by atoms with Crippen molar-refractivity contribution in [3.8, 4) is 12.3 Å². The van der Waals surface area contributed by atoms with E-state index in [4.69, 9.17) is 18.0 Å². The fraction of sp³-hybridized carbons (Fsp3) is 0.250. The molecule has 0 spiro atoms. The number of anilines is 1. The molecule has 3 nitrogen and oxygen atoms in total. The van der Waals surface area contributed by atoms with Crippen molar-refractivity contribution in [2.24, 2.45) is 0 Å². The number of halogens is 1. The molecule has 84 valence electrons. The van der Waals surface area contributed by atoms with E-state index in [1.165, 1.54) is 0 Å². The number of carbonyl (C=O) groups excluding carboxylic acids is 1. The van der Waals surface area contributed by atoms with Gasteiger partial charge >= 0.3 is 0 Å². The van der Waals surface area contributed by atoms with E-state index < -0.39 is 0 Å². The molecule has 1 aromatic rings. The van der Waals surface area contributed by atoms with E-state index in [0.29, 0.717) is 11.6 Å². The second-order valence-corrected chi connectivity index (χ2v) is 3.75. The largest absolute Gasteiger partial charge is 0.325 e. The van der Waals surface area contributed by atoms with E-state index >= 15 is 0 Å². The average Bonchev–Trinajstić information content (AvgIpc) is 2.23. The van der Waals surface area contributed by atoms with Crippen molar-refractivity contribution in [2.45, 2.75) is 6.92 Å². The second-order valence-electron chi connectivity index (χ2n) is 3.32. The molecule has 16 heavy (non-hydrogen) atoms. The van der Waals surface area contributed by atoms with Gasteiger partial charge in [0.25, 0.3) is 0 Å². The van der Waals surface area contributed by atoms with Crippen LogP contribution in [0.4, 0.5) is 5.69 Å². The first-order chi connectivity index (χ1) is 7.63. The molecule has 1 rings (SSSR count). The summed E-state index contributed by atoms with van der Waals surface area (Å²) in [6, 6.07) is 5.31. The van der Waals surface area contributed by atoms with Crippen LogP contribution in [0.2, 0.25) is 5.02 Å². The molecule has 0 aromatic heterocycles. The minimum atomic E-state index is -0.124. The van der Waals surface area contributed by atoms with Crippen LogP contribution in [0.5, 0.6) is 0 Å². The molecule has 4 heteroatoms. The number of nitrogens with one attached hydrogen (secondary N) is 2. The average molecular weight is 237 g/mol. The number of carbonyl (C=O) groups is 1. The van der Waals surface area contributed by atoms with Gasteiger partial charge in [-0.3, -0.25) is 10.1 Å². The maximum Gasteiger partial charge on any atom is 0.238 e. The van der Waals surface area contributed by atoms with Crippen molar-refractivity contribution in [1.29, 1.82) is 0 Å². The summed E-state index contributed by atoms with van der Waals surface area (Å²) in [5, 5.41) is 6.23. The molecule has 0 atom stereocenters. The van der Waals surface area contributed by atoms with Gasteiger partial charge in [-0.15, -0.1) is 6.42 Å². The van der Waals surface area contributed by atoms with Crippen molar-refractivity contribution in [3.63, 3.8) is 0 Å². The minimum absolute atomic E-state index is 0.124. The molecule has 0 unspecified atom stereocenters. The van der Waals surface area contributed by atoms with E-state index in [-0.39, 0.29) is 12.5 Å². The highest BCUT2D eigenvalue weighted by atomic mass is 35.5. The van der Waals surface area contributed by atoms with Crippen LogP contribution in [-0.2, 0) is 4.79 Å². The molecule has 1 amide bonds. The molecule has 0 radical (unpaired) electrons. The van der Waals surface area contributed by atoms with Crippen LogP contribution in [0.1, 0.15) is 5.56 Å². The minimum Gasteiger partial charge on any atom is -0.325 e. The summed E-state index contributed by atoms with van der Waals surface area (Å²) >= 11 is 5.81. The van der Waals surface area contributed by atoms with Crippen LogP contribution in [0.25, 0.3) is 0 Å². The van der Waals surface area contributed by atoms with Gasteiger partial charge in [0, 0.05) is 10.7 Å². The lowest BCUT2D eigenvalue weighted by Crippen LogP contribution is -2.28. The number of amides is 1.